The van der Waals surface area contributed by atoms with Gasteiger partial charge in [0.15, 0.2) is 0 Å². The van der Waals surface area contributed by atoms with Gasteiger partial charge in [-0.1, -0.05) is 35.4 Å². The highest BCUT2D eigenvalue weighted by atomic mass is 35.5. The number of hydrogen-bond acceptors (Lipinski definition) is 2. The van der Waals surface area contributed by atoms with Crippen LogP contribution in [0.3, 0.4) is 0 Å². The highest BCUT2D eigenvalue weighted by Gasteiger charge is 2.11. The van der Waals surface area contributed by atoms with Crippen LogP contribution < -0.4 is 5.56 Å². The summed E-state index contributed by atoms with van der Waals surface area (Å²) in [5, 5.41) is 0.635. The van der Waals surface area contributed by atoms with Gasteiger partial charge in [0.25, 0.3) is 5.56 Å². The van der Waals surface area contributed by atoms with E-state index in [-0.39, 0.29) is 5.56 Å². The van der Waals surface area contributed by atoms with Crippen LogP contribution in [0.1, 0.15) is 11.1 Å². The molecule has 0 radical (unpaired) electrons. The van der Waals surface area contributed by atoms with Gasteiger partial charge < -0.3 is 4.40 Å². The van der Waals surface area contributed by atoms with Crippen LogP contribution in [0.4, 0.5) is 0 Å². The minimum Gasteiger partial charge on any atom is -0.300 e. The van der Waals surface area contributed by atoms with Crippen molar-refractivity contribution in [1.29, 1.82) is 0 Å². The van der Waals surface area contributed by atoms with Gasteiger partial charge in [-0.2, -0.15) is 0 Å². The maximum atomic E-state index is 12.8. The summed E-state index contributed by atoms with van der Waals surface area (Å²) < 4.78 is 3.34. The van der Waals surface area contributed by atoms with Crippen molar-refractivity contribution in [2.75, 3.05) is 0 Å². The molecule has 2 aromatic carbocycles. The zero-order valence-corrected chi connectivity index (χ0v) is 14.7. The Morgan fingerprint density at radius 2 is 1.76 bits per heavy atom. The number of imidazole rings is 1. The third kappa shape index (κ3) is 2.75. The molecule has 0 unspecified atom stereocenters. The fourth-order valence-electron chi connectivity index (χ4n) is 3.02. The van der Waals surface area contributed by atoms with Gasteiger partial charge in [0.1, 0.15) is 0 Å². The SMILES string of the molecule is Cc1ccc(-c2cn3ccn(-c4ccc(Cl)cc4)c(=O)c3n2)c(C)c1. The van der Waals surface area contributed by atoms with E-state index in [4.69, 9.17) is 11.6 Å². The smallest absolute Gasteiger partial charge is 0.298 e. The molecule has 4 rings (SSSR count). The van der Waals surface area contributed by atoms with Gasteiger partial charge in [-0.25, -0.2) is 4.98 Å². The summed E-state index contributed by atoms with van der Waals surface area (Å²) in [5.41, 5.74) is 5.16. The molecule has 0 aliphatic heterocycles. The monoisotopic (exact) mass is 349 g/mol. The predicted octanol–water partition coefficient (Wildman–Crippen LogP) is 4.42. The van der Waals surface area contributed by atoms with Gasteiger partial charge in [0, 0.05) is 34.9 Å². The summed E-state index contributed by atoms with van der Waals surface area (Å²) in [5.74, 6) is 0. The van der Waals surface area contributed by atoms with Crippen LogP contribution in [0.15, 0.2) is 65.8 Å². The molecule has 0 amide bonds. The van der Waals surface area contributed by atoms with Crippen LogP contribution in [-0.2, 0) is 0 Å². The van der Waals surface area contributed by atoms with Crippen LogP contribution in [-0.4, -0.2) is 14.0 Å². The van der Waals surface area contributed by atoms with Gasteiger partial charge in [-0.3, -0.25) is 9.36 Å². The molecule has 0 bridgehead atoms. The largest absolute Gasteiger partial charge is 0.300 e. The van der Waals surface area contributed by atoms with Crippen molar-refractivity contribution in [3.8, 4) is 16.9 Å². The van der Waals surface area contributed by atoms with E-state index in [0.717, 1.165) is 22.5 Å². The molecule has 0 atom stereocenters. The van der Waals surface area contributed by atoms with Crippen molar-refractivity contribution >= 4 is 17.2 Å². The molecule has 2 aromatic heterocycles. The van der Waals surface area contributed by atoms with Crippen LogP contribution >= 0.6 is 11.6 Å². The number of nitrogens with zero attached hydrogens (tertiary/aromatic N) is 3. The van der Waals surface area contributed by atoms with E-state index >= 15 is 0 Å². The minimum atomic E-state index is -0.166. The number of rotatable bonds is 2. The number of fused-ring (bicyclic) bond motifs is 1. The van der Waals surface area contributed by atoms with Crippen molar-refractivity contribution in [3.63, 3.8) is 0 Å². The Labute approximate surface area is 150 Å². The molecule has 5 heteroatoms. The molecule has 0 fully saturated rings. The Balaban J connectivity index is 1.88. The molecular weight excluding hydrogens is 334 g/mol. The summed E-state index contributed by atoms with van der Waals surface area (Å²) in [7, 11) is 0. The number of benzene rings is 2. The Morgan fingerprint density at radius 1 is 1.00 bits per heavy atom. The molecule has 0 aliphatic carbocycles. The van der Waals surface area contributed by atoms with Crippen molar-refractivity contribution in [2.45, 2.75) is 13.8 Å². The molecule has 0 saturated heterocycles. The van der Waals surface area contributed by atoms with E-state index < -0.39 is 0 Å². The van der Waals surface area contributed by atoms with Gasteiger partial charge in [-0.15, -0.1) is 0 Å². The molecule has 4 aromatic rings. The number of aryl methyl sites for hydroxylation is 2. The second-order valence-corrected chi connectivity index (χ2v) is 6.56. The lowest BCUT2D eigenvalue weighted by Gasteiger charge is -2.05. The van der Waals surface area contributed by atoms with Crippen LogP contribution in [0, 0.1) is 13.8 Å². The third-order valence-corrected chi connectivity index (χ3v) is 4.53. The first-order valence-electron chi connectivity index (χ1n) is 7.97. The number of halogens is 1. The van der Waals surface area contributed by atoms with E-state index in [1.54, 1.807) is 27.3 Å². The van der Waals surface area contributed by atoms with E-state index in [1.807, 2.05) is 30.6 Å². The first-order valence-corrected chi connectivity index (χ1v) is 8.35. The Bertz CT molecular complexity index is 1140. The molecule has 25 heavy (non-hydrogen) atoms. The van der Waals surface area contributed by atoms with Crippen molar-refractivity contribution in [1.82, 2.24) is 14.0 Å². The summed E-state index contributed by atoms with van der Waals surface area (Å²) in [6, 6.07) is 13.4. The third-order valence-electron chi connectivity index (χ3n) is 4.28. The molecule has 0 saturated carbocycles. The van der Waals surface area contributed by atoms with Gasteiger partial charge >= 0.3 is 0 Å². The first-order chi connectivity index (χ1) is 12.0. The predicted molar refractivity (Wildman–Crippen MR) is 101 cm³/mol. The molecule has 124 valence electrons. The highest BCUT2D eigenvalue weighted by Crippen LogP contribution is 2.23. The lowest BCUT2D eigenvalue weighted by Crippen LogP contribution is -2.19. The van der Waals surface area contributed by atoms with Gasteiger partial charge in [0.2, 0.25) is 5.65 Å². The molecule has 0 spiro atoms. The average molecular weight is 350 g/mol. The summed E-state index contributed by atoms with van der Waals surface area (Å²) in [6.45, 7) is 4.11. The van der Waals surface area contributed by atoms with E-state index in [9.17, 15) is 4.79 Å². The standard InChI is InChI=1S/C20H16ClN3O/c1-13-3-8-17(14(2)11-13)18-12-23-9-10-24(20(25)19(23)22-18)16-6-4-15(21)5-7-16/h3-12H,1-2H3. The van der Waals surface area contributed by atoms with Crippen molar-refractivity contribution < 1.29 is 0 Å². The number of hydrogen-bond donors (Lipinski definition) is 0. The van der Waals surface area contributed by atoms with Gasteiger partial charge in [-0.05, 0) is 43.7 Å². The quantitative estimate of drug-likeness (QED) is 0.537. The second-order valence-electron chi connectivity index (χ2n) is 6.13. The average Bonchev–Trinajstić information content (AvgIpc) is 3.01. The minimum absolute atomic E-state index is 0.166. The molecule has 0 aliphatic rings. The summed E-state index contributed by atoms with van der Waals surface area (Å²) >= 11 is 5.93. The fourth-order valence-corrected chi connectivity index (χ4v) is 3.14. The summed E-state index contributed by atoms with van der Waals surface area (Å²) in [4.78, 5) is 17.4. The van der Waals surface area contributed by atoms with E-state index in [2.05, 4.69) is 31.0 Å². The Hall–Kier alpha value is -2.85. The topological polar surface area (TPSA) is 39.3 Å². The Morgan fingerprint density at radius 3 is 2.48 bits per heavy atom. The molecule has 0 N–H and O–H groups in total. The zero-order chi connectivity index (χ0) is 17.6. The van der Waals surface area contributed by atoms with Crippen LogP contribution in [0.25, 0.3) is 22.6 Å². The molecular formula is C20H16ClN3O. The maximum Gasteiger partial charge on any atom is 0.298 e. The van der Waals surface area contributed by atoms with E-state index in [0.29, 0.717) is 10.7 Å². The lowest BCUT2D eigenvalue weighted by atomic mass is 10.0. The number of aromatic nitrogens is 3. The maximum absolute atomic E-state index is 12.8. The summed E-state index contributed by atoms with van der Waals surface area (Å²) in [6.07, 6.45) is 5.47. The zero-order valence-electron chi connectivity index (χ0n) is 13.9. The first kappa shape index (κ1) is 15.7. The Kier molecular flexibility index (Phi) is 3.70. The fraction of sp³-hybridized carbons (Fsp3) is 0.100. The molecule has 2 heterocycles. The normalized spacial score (nSPS) is 11.2. The highest BCUT2D eigenvalue weighted by molar-refractivity contribution is 6.30. The van der Waals surface area contributed by atoms with E-state index in [1.165, 1.54) is 5.56 Å². The van der Waals surface area contributed by atoms with Crippen LogP contribution in [0.5, 0.6) is 0 Å². The second kappa shape index (κ2) is 5.90. The lowest BCUT2D eigenvalue weighted by molar-refractivity contribution is 0.950. The van der Waals surface area contributed by atoms with Crippen LogP contribution in [0.2, 0.25) is 5.02 Å². The van der Waals surface area contributed by atoms with Crippen molar-refractivity contribution in [2.24, 2.45) is 0 Å². The van der Waals surface area contributed by atoms with Gasteiger partial charge in [0.05, 0.1) is 5.69 Å². The molecule has 4 nitrogen and oxygen atoms in total. The van der Waals surface area contributed by atoms with Crippen molar-refractivity contribution in [3.05, 3.63) is 87.6 Å².